The quantitative estimate of drug-likeness (QED) is 0.734. The van der Waals surface area contributed by atoms with Gasteiger partial charge in [-0.1, -0.05) is 25.5 Å². The molecule has 3 rings (SSSR count). The van der Waals surface area contributed by atoms with Gasteiger partial charge in [0.05, 0.1) is 12.3 Å². The molecule has 0 saturated carbocycles. The Hall–Kier alpha value is -1.81. The van der Waals surface area contributed by atoms with Gasteiger partial charge in [0.2, 0.25) is 0 Å². The standard InChI is InChI=1S/C21H31N3O/c1-3-5-14-25-20-8-6-17(7-9-20)15-19-16-21(24(4-2)23-19)18-10-12-22-13-11-18/h6-9,16,18,22H,3-5,10-15H2,1-2H3. The minimum absolute atomic E-state index is 0.650. The molecule has 136 valence electrons. The van der Waals surface area contributed by atoms with E-state index in [2.05, 4.69) is 54.2 Å². The minimum atomic E-state index is 0.650. The van der Waals surface area contributed by atoms with Crippen molar-refractivity contribution >= 4 is 0 Å². The Morgan fingerprint density at radius 2 is 1.92 bits per heavy atom. The Balaban J connectivity index is 1.65. The molecule has 0 unspecified atom stereocenters. The first-order valence-corrected chi connectivity index (χ1v) is 9.79. The average molecular weight is 341 g/mol. The van der Waals surface area contributed by atoms with E-state index in [0.29, 0.717) is 5.92 Å². The highest BCUT2D eigenvalue weighted by molar-refractivity contribution is 5.30. The van der Waals surface area contributed by atoms with Gasteiger partial charge in [-0.2, -0.15) is 5.10 Å². The summed E-state index contributed by atoms with van der Waals surface area (Å²) in [6, 6.07) is 10.8. The molecule has 1 aliphatic rings. The van der Waals surface area contributed by atoms with E-state index in [0.717, 1.165) is 51.3 Å². The summed E-state index contributed by atoms with van der Waals surface area (Å²) >= 11 is 0. The van der Waals surface area contributed by atoms with Crippen LogP contribution in [0.3, 0.4) is 0 Å². The number of rotatable bonds is 8. The smallest absolute Gasteiger partial charge is 0.119 e. The molecule has 1 aliphatic heterocycles. The van der Waals surface area contributed by atoms with Gasteiger partial charge in [-0.3, -0.25) is 4.68 Å². The van der Waals surface area contributed by atoms with E-state index >= 15 is 0 Å². The second kappa shape index (κ2) is 9.04. The first-order valence-electron chi connectivity index (χ1n) is 9.79. The van der Waals surface area contributed by atoms with Crippen molar-refractivity contribution in [3.8, 4) is 5.75 Å². The van der Waals surface area contributed by atoms with Crippen LogP contribution in [0.4, 0.5) is 0 Å². The molecule has 0 atom stereocenters. The van der Waals surface area contributed by atoms with Crippen LogP contribution in [-0.4, -0.2) is 29.5 Å². The Bertz CT molecular complexity index is 642. The summed E-state index contributed by atoms with van der Waals surface area (Å²) in [5.74, 6) is 1.61. The SMILES string of the molecule is CCCCOc1ccc(Cc2cc(C3CCNCC3)n(CC)n2)cc1. The first kappa shape index (κ1) is 18.0. The Labute approximate surface area is 151 Å². The predicted molar refractivity (Wildman–Crippen MR) is 102 cm³/mol. The monoisotopic (exact) mass is 341 g/mol. The summed E-state index contributed by atoms with van der Waals surface area (Å²) in [6.07, 6.45) is 5.59. The fourth-order valence-electron chi connectivity index (χ4n) is 3.52. The van der Waals surface area contributed by atoms with Crippen molar-refractivity contribution < 1.29 is 4.74 Å². The molecule has 2 heterocycles. The van der Waals surface area contributed by atoms with Crippen LogP contribution >= 0.6 is 0 Å². The lowest BCUT2D eigenvalue weighted by molar-refractivity contribution is 0.309. The van der Waals surface area contributed by atoms with Gasteiger partial charge < -0.3 is 10.1 Å². The van der Waals surface area contributed by atoms with Crippen LogP contribution in [0.25, 0.3) is 0 Å². The molecule has 0 aliphatic carbocycles. The van der Waals surface area contributed by atoms with Crippen molar-refractivity contribution in [1.29, 1.82) is 0 Å². The lowest BCUT2D eigenvalue weighted by atomic mass is 9.94. The van der Waals surface area contributed by atoms with Gasteiger partial charge in [0, 0.05) is 24.6 Å². The molecule has 0 bridgehead atoms. The van der Waals surface area contributed by atoms with Crippen molar-refractivity contribution in [2.24, 2.45) is 0 Å². The minimum Gasteiger partial charge on any atom is -0.494 e. The van der Waals surface area contributed by atoms with Crippen LogP contribution in [0.2, 0.25) is 0 Å². The van der Waals surface area contributed by atoms with Gasteiger partial charge in [0.15, 0.2) is 0 Å². The van der Waals surface area contributed by atoms with Gasteiger partial charge in [-0.05, 0) is 63.0 Å². The number of hydrogen-bond acceptors (Lipinski definition) is 3. The van der Waals surface area contributed by atoms with E-state index < -0.39 is 0 Å². The van der Waals surface area contributed by atoms with Crippen LogP contribution in [0.5, 0.6) is 5.75 Å². The zero-order valence-electron chi connectivity index (χ0n) is 15.6. The maximum absolute atomic E-state index is 5.75. The summed E-state index contributed by atoms with van der Waals surface area (Å²) in [4.78, 5) is 0. The van der Waals surface area contributed by atoms with Crippen LogP contribution in [0, 0.1) is 0 Å². The van der Waals surface area contributed by atoms with E-state index in [1.807, 2.05) is 0 Å². The number of benzene rings is 1. The van der Waals surface area contributed by atoms with Gasteiger partial charge in [0.25, 0.3) is 0 Å². The molecule has 1 aromatic carbocycles. The number of aromatic nitrogens is 2. The highest BCUT2D eigenvalue weighted by atomic mass is 16.5. The number of hydrogen-bond donors (Lipinski definition) is 1. The van der Waals surface area contributed by atoms with Crippen molar-refractivity contribution in [2.75, 3.05) is 19.7 Å². The normalized spacial score (nSPS) is 15.4. The number of nitrogens with one attached hydrogen (secondary N) is 1. The van der Waals surface area contributed by atoms with Gasteiger partial charge in [0.1, 0.15) is 5.75 Å². The highest BCUT2D eigenvalue weighted by Crippen LogP contribution is 2.26. The molecule has 4 heteroatoms. The molecule has 0 spiro atoms. The third kappa shape index (κ3) is 4.85. The lowest BCUT2D eigenvalue weighted by Gasteiger charge is -2.23. The van der Waals surface area contributed by atoms with Crippen molar-refractivity contribution in [3.63, 3.8) is 0 Å². The molecule has 4 nitrogen and oxygen atoms in total. The third-order valence-corrected chi connectivity index (χ3v) is 4.99. The van der Waals surface area contributed by atoms with Crippen molar-refractivity contribution in [3.05, 3.63) is 47.3 Å². The third-order valence-electron chi connectivity index (χ3n) is 4.99. The number of piperidine rings is 1. The van der Waals surface area contributed by atoms with E-state index in [1.165, 1.54) is 29.8 Å². The molecule has 1 aromatic heterocycles. The summed E-state index contributed by atoms with van der Waals surface area (Å²) in [7, 11) is 0. The summed E-state index contributed by atoms with van der Waals surface area (Å²) in [5.41, 5.74) is 3.88. The zero-order valence-corrected chi connectivity index (χ0v) is 15.6. The largest absolute Gasteiger partial charge is 0.494 e. The Kier molecular flexibility index (Phi) is 6.51. The lowest BCUT2D eigenvalue weighted by Crippen LogP contribution is -2.27. The number of aryl methyl sites for hydroxylation is 1. The maximum Gasteiger partial charge on any atom is 0.119 e. The Morgan fingerprint density at radius 3 is 2.60 bits per heavy atom. The zero-order chi connectivity index (χ0) is 17.5. The molecule has 2 aromatic rings. The predicted octanol–water partition coefficient (Wildman–Crippen LogP) is 4.14. The summed E-state index contributed by atoms with van der Waals surface area (Å²) in [6.45, 7) is 8.35. The fraction of sp³-hybridized carbons (Fsp3) is 0.571. The van der Waals surface area contributed by atoms with Gasteiger partial charge in [-0.15, -0.1) is 0 Å². The van der Waals surface area contributed by atoms with Crippen LogP contribution in [0.1, 0.15) is 62.4 Å². The highest BCUT2D eigenvalue weighted by Gasteiger charge is 2.20. The summed E-state index contributed by atoms with van der Waals surface area (Å²) < 4.78 is 7.95. The van der Waals surface area contributed by atoms with Crippen molar-refractivity contribution in [2.45, 2.75) is 58.4 Å². The van der Waals surface area contributed by atoms with Gasteiger partial charge >= 0.3 is 0 Å². The second-order valence-electron chi connectivity index (χ2n) is 6.92. The molecule has 1 saturated heterocycles. The topological polar surface area (TPSA) is 39.1 Å². The molecule has 25 heavy (non-hydrogen) atoms. The molecular formula is C21H31N3O. The maximum atomic E-state index is 5.75. The van der Waals surface area contributed by atoms with E-state index in [-0.39, 0.29) is 0 Å². The number of nitrogens with zero attached hydrogens (tertiary/aromatic N) is 2. The Morgan fingerprint density at radius 1 is 1.16 bits per heavy atom. The number of unbranched alkanes of at least 4 members (excludes halogenated alkanes) is 1. The molecule has 1 N–H and O–H groups in total. The average Bonchev–Trinajstić information content (AvgIpc) is 3.07. The molecule has 0 radical (unpaired) electrons. The fourth-order valence-corrected chi connectivity index (χ4v) is 3.52. The van der Waals surface area contributed by atoms with Crippen LogP contribution in [0.15, 0.2) is 30.3 Å². The summed E-state index contributed by atoms with van der Waals surface area (Å²) in [5, 5.41) is 8.30. The second-order valence-corrected chi connectivity index (χ2v) is 6.92. The van der Waals surface area contributed by atoms with Crippen LogP contribution < -0.4 is 10.1 Å². The van der Waals surface area contributed by atoms with Gasteiger partial charge in [-0.25, -0.2) is 0 Å². The van der Waals surface area contributed by atoms with E-state index in [1.54, 1.807) is 0 Å². The van der Waals surface area contributed by atoms with Crippen LogP contribution in [-0.2, 0) is 13.0 Å². The van der Waals surface area contributed by atoms with E-state index in [4.69, 9.17) is 9.84 Å². The van der Waals surface area contributed by atoms with Crippen molar-refractivity contribution in [1.82, 2.24) is 15.1 Å². The first-order chi connectivity index (χ1) is 12.3. The molecule has 1 fully saturated rings. The number of ether oxygens (including phenoxy) is 1. The molecular weight excluding hydrogens is 310 g/mol. The van der Waals surface area contributed by atoms with E-state index in [9.17, 15) is 0 Å². The molecule has 0 amide bonds.